The number of piperidine rings is 1. The predicted octanol–water partition coefficient (Wildman–Crippen LogP) is 3.33. The summed E-state index contributed by atoms with van der Waals surface area (Å²) < 4.78 is 17.9. The molecule has 8 nitrogen and oxygen atoms in total. The topological polar surface area (TPSA) is 88.7 Å². The minimum atomic E-state index is -0.741. The zero-order valence-corrected chi connectivity index (χ0v) is 17.9. The van der Waals surface area contributed by atoms with Crippen LogP contribution in [-0.2, 0) is 4.79 Å². The fourth-order valence-corrected chi connectivity index (χ4v) is 3.96. The second kappa shape index (κ2) is 8.92. The first-order valence-corrected chi connectivity index (χ1v) is 10.8. The van der Waals surface area contributed by atoms with E-state index in [1.165, 1.54) is 0 Å². The first-order valence-electron chi connectivity index (χ1n) is 10.8. The smallest absolute Gasteiger partial charge is 0.269 e. The molecular weight excluding hydrogens is 408 g/mol. The molecule has 3 heterocycles. The lowest BCUT2D eigenvalue weighted by molar-refractivity contribution is -0.125. The molecule has 8 heteroatoms. The Bertz CT molecular complexity index is 1080. The van der Waals surface area contributed by atoms with Gasteiger partial charge in [-0.3, -0.25) is 9.89 Å². The Hall–Kier alpha value is -3.52. The minimum absolute atomic E-state index is 0.0996. The Morgan fingerprint density at radius 3 is 2.75 bits per heavy atom. The van der Waals surface area contributed by atoms with Crippen LogP contribution >= 0.6 is 0 Å². The fourth-order valence-electron chi connectivity index (χ4n) is 3.96. The average molecular weight is 434 g/mol. The summed E-state index contributed by atoms with van der Waals surface area (Å²) in [4.78, 5) is 15.3. The van der Waals surface area contributed by atoms with Crippen molar-refractivity contribution >= 4 is 11.6 Å². The second-order valence-corrected chi connectivity index (χ2v) is 8.17. The summed E-state index contributed by atoms with van der Waals surface area (Å²) in [5.74, 6) is 1.58. The maximum absolute atomic E-state index is 13.0. The number of amides is 1. The molecule has 0 bridgehead atoms. The van der Waals surface area contributed by atoms with E-state index in [0.717, 1.165) is 37.1 Å². The SMILES string of the molecule is CN1CCC(Oc2cc(-c3cn[nH]c3)ccc2NC(=O)[C@@H]2COc3ccccc3O2)CC1. The molecule has 166 valence electrons. The Labute approximate surface area is 186 Å². The van der Waals surface area contributed by atoms with Gasteiger partial charge in [-0.05, 0) is 49.7 Å². The van der Waals surface area contributed by atoms with Crippen LogP contribution in [0.15, 0.2) is 54.9 Å². The predicted molar refractivity (Wildman–Crippen MR) is 120 cm³/mol. The van der Waals surface area contributed by atoms with Gasteiger partial charge in [-0.2, -0.15) is 5.10 Å². The number of hydrogen-bond donors (Lipinski definition) is 2. The van der Waals surface area contributed by atoms with E-state index in [1.54, 1.807) is 12.3 Å². The molecule has 5 rings (SSSR count). The fraction of sp³-hybridized carbons (Fsp3) is 0.333. The van der Waals surface area contributed by atoms with Crippen molar-refractivity contribution in [1.82, 2.24) is 15.1 Å². The van der Waals surface area contributed by atoms with Gasteiger partial charge in [0.2, 0.25) is 6.10 Å². The Morgan fingerprint density at radius 2 is 1.97 bits per heavy atom. The number of fused-ring (bicyclic) bond motifs is 1. The van der Waals surface area contributed by atoms with Gasteiger partial charge in [0.05, 0.1) is 11.9 Å². The van der Waals surface area contributed by atoms with Crippen LogP contribution in [0.3, 0.4) is 0 Å². The van der Waals surface area contributed by atoms with Crippen LogP contribution < -0.4 is 19.5 Å². The molecule has 0 spiro atoms. The Balaban J connectivity index is 1.35. The summed E-state index contributed by atoms with van der Waals surface area (Å²) in [6, 6.07) is 13.1. The number of nitrogens with one attached hydrogen (secondary N) is 2. The molecule has 2 aromatic carbocycles. The van der Waals surface area contributed by atoms with Crippen molar-refractivity contribution in [3.8, 4) is 28.4 Å². The lowest BCUT2D eigenvalue weighted by Gasteiger charge is -2.30. The molecule has 2 N–H and O–H groups in total. The van der Waals surface area contributed by atoms with Crippen molar-refractivity contribution < 1.29 is 19.0 Å². The summed E-state index contributed by atoms with van der Waals surface area (Å²) in [5.41, 5.74) is 2.53. The largest absolute Gasteiger partial charge is 0.488 e. The number of likely N-dealkylation sites (tertiary alicyclic amines) is 1. The lowest BCUT2D eigenvalue weighted by Crippen LogP contribution is -2.40. The van der Waals surface area contributed by atoms with E-state index >= 15 is 0 Å². The van der Waals surface area contributed by atoms with Gasteiger partial charge in [-0.15, -0.1) is 0 Å². The van der Waals surface area contributed by atoms with Crippen molar-refractivity contribution in [2.75, 3.05) is 32.1 Å². The summed E-state index contributed by atoms with van der Waals surface area (Å²) >= 11 is 0. The number of rotatable bonds is 5. The van der Waals surface area contributed by atoms with Crippen molar-refractivity contribution in [1.29, 1.82) is 0 Å². The van der Waals surface area contributed by atoms with Crippen molar-refractivity contribution in [2.24, 2.45) is 0 Å². The number of carbonyl (C=O) groups excluding carboxylic acids is 1. The molecule has 1 atom stereocenters. The molecule has 0 unspecified atom stereocenters. The van der Waals surface area contributed by atoms with E-state index in [2.05, 4.69) is 27.5 Å². The van der Waals surface area contributed by atoms with E-state index in [0.29, 0.717) is 22.9 Å². The minimum Gasteiger partial charge on any atom is -0.488 e. The monoisotopic (exact) mass is 434 g/mol. The van der Waals surface area contributed by atoms with E-state index < -0.39 is 6.10 Å². The first-order chi connectivity index (χ1) is 15.7. The number of para-hydroxylation sites is 2. The van der Waals surface area contributed by atoms with Crippen LogP contribution in [0.4, 0.5) is 5.69 Å². The normalized spacial score (nSPS) is 18.8. The maximum atomic E-state index is 13.0. The van der Waals surface area contributed by atoms with E-state index in [1.807, 2.05) is 42.6 Å². The van der Waals surface area contributed by atoms with Crippen molar-refractivity contribution in [2.45, 2.75) is 25.0 Å². The van der Waals surface area contributed by atoms with Crippen LogP contribution in [-0.4, -0.2) is 60.0 Å². The average Bonchev–Trinajstić information content (AvgIpc) is 3.36. The highest BCUT2D eigenvalue weighted by Gasteiger charge is 2.28. The molecule has 1 saturated heterocycles. The van der Waals surface area contributed by atoms with Crippen LogP contribution in [0.1, 0.15) is 12.8 Å². The number of aromatic amines is 1. The number of ether oxygens (including phenoxy) is 3. The van der Waals surface area contributed by atoms with Crippen molar-refractivity contribution in [3.05, 3.63) is 54.9 Å². The molecule has 0 saturated carbocycles. The van der Waals surface area contributed by atoms with Crippen LogP contribution in [0.25, 0.3) is 11.1 Å². The van der Waals surface area contributed by atoms with Crippen LogP contribution in [0.5, 0.6) is 17.2 Å². The highest BCUT2D eigenvalue weighted by molar-refractivity contribution is 5.96. The molecule has 1 amide bonds. The van der Waals surface area contributed by atoms with E-state index in [9.17, 15) is 4.79 Å². The number of anilines is 1. The molecule has 3 aromatic rings. The molecule has 2 aliphatic heterocycles. The molecule has 0 radical (unpaired) electrons. The van der Waals surface area contributed by atoms with Crippen LogP contribution in [0, 0.1) is 0 Å². The van der Waals surface area contributed by atoms with Crippen LogP contribution in [0.2, 0.25) is 0 Å². The van der Waals surface area contributed by atoms with Gasteiger partial charge in [0.1, 0.15) is 18.5 Å². The summed E-state index contributed by atoms with van der Waals surface area (Å²) in [6.45, 7) is 2.13. The third kappa shape index (κ3) is 4.40. The van der Waals surface area contributed by atoms with E-state index in [4.69, 9.17) is 14.2 Å². The number of nitrogens with zero attached hydrogens (tertiary/aromatic N) is 2. The molecule has 0 aliphatic carbocycles. The first kappa shape index (κ1) is 20.4. The number of hydrogen-bond acceptors (Lipinski definition) is 6. The lowest BCUT2D eigenvalue weighted by atomic mass is 10.1. The third-order valence-electron chi connectivity index (χ3n) is 5.83. The highest BCUT2D eigenvalue weighted by Crippen LogP contribution is 2.34. The van der Waals surface area contributed by atoms with Gasteiger partial charge >= 0.3 is 0 Å². The molecule has 2 aliphatic rings. The van der Waals surface area contributed by atoms with Gasteiger partial charge in [0.25, 0.3) is 5.91 Å². The molecule has 1 aromatic heterocycles. The molecule has 32 heavy (non-hydrogen) atoms. The number of H-pyrrole nitrogens is 1. The molecule has 1 fully saturated rings. The number of aromatic nitrogens is 2. The highest BCUT2D eigenvalue weighted by atomic mass is 16.6. The third-order valence-corrected chi connectivity index (χ3v) is 5.83. The maximum Gasteiger partial charge on any atom is 0.269 e. The summed E-state index contributed by atoms with van der Waals surface area (Å²) in [5, 5.41) is 9.85. The zero-order valence-electron chi connectivity index (χ0n) is 17.9. The Morgan fingerprint density at radius 1 is 1.16 bits per heavy atom. The van der Waals surface area contributed by atoms with E-state index in [-0.39, 0.29) is 18.6 Å². The van der Waals surface area contributed by atoms with Gasteiger partial charge in [0.15, 0.2) is 11.5 Å². The second-order valence-electron chi connectivity index (χ2n) is 8.17. The zero-order chi connectivity index (χ0) is 21.9. The standard InChI is InChI=1S/C24H26N4O4/c1-28-10-8-18(9-11-28)31-22-12-16(17-13-25-26-14-17)6-7-19(22)27-24(29)23-15-30-20-4-2-3-5-21(20)32-23/h2-7,12-14,18,23H,8-11,15H2,1H3,(H,25,26)(H,27,29)/t23-/m0/s1. The van der Waals surface area contributed by atoms with Gasteiger partial charge in [0, 0.05) is 24.8 Å². The number of benzene rings is 2. The van der Waals surface area contributed by atoms with Gasteiger partial charge in [-0.1, -0.05) is 18.2 Å². The summed E-state index contributed by atoms with van der Waals surface area (Å²) in [6.07, 6.45) is 4.83. The van der Waals surface area contributed by atoms with Gasteiger partial charge < -0.3 is 24.4 Å². The van der Waals surface area contributed by atoms with Gasteiger partial charge in [-0.25, -0.2) is 0 Å². The molecular formula is C24H26N4O4. The van der Waals surface area contributed by atoms with Crippen molar-refractivity contribution in [3.63, 3.8) is 0 Å². The Kier molecular flexibility index (Phi) is 5.68. The number of carbonyl (C=O) groups is 1. The quantitative estimate of drug-likeness (QED) is 0.640. The summed E-state index contributed by atoms with van der Waals surface area (Å²) in [7, 11) is 2.12.